The second-order valence-electron chi connectivity index (χ2n) is 5.36. The highest BCUT2D eigenvalue weighted by molar-refractivity contribution is 5.86. The lowest BCUT2D eigenvalue weighted by molar-refractivity contribution is -0.146. The number of carboxylic acids is 1. The Balaban J connectivity index is 1.91. The molecule has 1 aromatic heterocycles. The maximum absolute atomic E-state index is 11.9. The number of amides is 2. The molecule has 0 atom stereocenters. The molecule has 20 heavy (non-hydrogen) atoms. The Morgan fingerprint density at radius 1 is 1.50 bits per heavy atom. The van der Waals surface area contributed by atoms with E-state index in [1.54, 1.807) is 6.07 Å². The van der Waals surface area contributed by atoms with Gasteiger partial charge in [0.1, 0.15) is 5.54 Å². The first-order valence-electron chi connectivity index (χ1n) is 6.71. The molecule has 7 heteroatoms. The van der Waals surface area contributed by atoms with Crippen molar-refractivity contribution in [3.8, 4) is 0 Å². The molecule has 0 aliphatic heterocycles. The molecule has 2 rings (SSSR count). The van der Waals surface area contributed by atoms with E-state index in [0.29, 0.717) is 24.5 Å². The summed E-state index contributed by atoms with van der Waals surface area (Å²) in [4.78, 5) is 23.3. The van der Waals surface area contributed by atoms with Gasteiger partial charge in [-0.2, -0.15) is 0 Å². The number of nitrogens with zero attached hydrogens (tertiary/aromatic N) is 1. The molecule has 1 aromatic rings. The topological polar surface area (TPSA) is 104 Å². The van der Waals surface area contributed by atoms with Crippen molar-refractivity contribution in [1.29, 1.82) is 0 Å². The lowest BCUT2D eigenvalue weighted by Gasteiger charge is -2.36. The average Bonchev–Trinajstić information content (AvgIpc) is 2.92. The van der Waals surface area contributed by atoms with Gasteiger partial charge in [-0.25, -0.2) is 9.59 Å². The van der Waals surface area contributed by atoms with Gasteiger partial charge in [-0.1, -0.05) is 12.1 Å². The van der Waals surface area contributed by atoms with Crippen LogP contribution in [0, 0.1) is 5.92 Å². The molecular formula is C13H19N3O4. The summed E-state index contributed by atoms with van der Waals surface area (Å²) in [5, 5.41) is 18.1. The molecule has 0 unspecified atom stereocenters. The van der Waals surface area contributed by atoms with E-state index in [1.165, 1.54) is 6.20 Å². The number of carboxylic acid groups (broad SMARTS) is 1. The lowest BCUT2D eigenvalue weighted by Crippen LogP contribution is -2.58. The third-order valence-corrected chi connectivity index (χ3v) is 3.80. The van der Waals surface area contributed by atoms with E-state index in [1.807, 2.05) is 0 Å². The van der Waals surface area contributed by atoms with Gasteiger partial charge in [-0.05, 0) is 31.6 Å². The third-order valence-electron chi connectivity index (χ3n) is 3.80. The Morgan fingerprint density at radius 2 is 2.20 bits per heavy atom. The van der Waals surface area contributed by atoms with Crippen LogP contribution in [0.25, 0.3) is 0 Å². The maximum Gasteiger partial charge on any atom is 0.329 e. The second kappa shape index (κ2) is 5.94. The van der Waals surface area contributed by atoms with Crippen LogP contribution in [0.3, 0.4) is 0 Å². The van der Waals surface area contributed by atoms with Crippen LogP contribution >= 0.6 is 0 Å². The van der Waals surface area contributed by atoms with Crippen LogP contribution in [-0.2, 0) is 11.3 Å². The van der Waals surface area contributed by atoms with Gasteiger partial charge in [0.15, 0.2) is 5.76 Å². The van der Waals surface area contributed by atoms with Crippen molar-refractivity contribution < 1.29 is 19.2 Å². The zero-order valence-corrected chi connectivity index (χ0v) is 11.4. The van der Waals surface area contributed by atoms with Gasteiger partial charge in [0, 0.05) is 6.07 Å². The van der Waals surface area contributed by atoms with Gasteiger partial charge in [-0.3, -0.25) is 0 Å². The molecule has 3 N–H and O–H groups in total. The van der Waals surface area contributed by atoms with Crippen LogP contribution in [0.5, 0.6) is 0 Å². The number of hydrogen-bond acceptors (Lipinski definition) is 4. The minimum Gasteiger partial charge on any atom is -0.480 e. The molecule has 0 spiro atoms. The molecule has 110 valence electrons. The number of carbonyl (C=O) groups excluding carboxylic acids is 1. The van der Waals surface area contributed by atoms with E-state index in [2.05, 4.69) is 22.7 Å². The predicted molar refractivity (Wildman–Crippen MR) is 69.9 cm³/mol. The summed E-state index contributed by atoms with van der Waals surface area (Å²) in [6.45, 7) is 2.27. The van der Waals surface area contributed by atoms with Gasteiger partial charge in [0.25, 0.3) is 0 Å². The van der Waals surface area contributed by atoms with Crippen LogP contribution in [0.4, 0.5) is 4.79 Å². The highest BCUT2D eigenvalue weighted by Gasteiger charge is 2.42. The first-order chi connectivity index (χ1) is 9.52. The number of rotatable bonds is 4. The minimum absolute atomic E-state index is 0.179. The van der Waals surface area contributed by atoms with Crippen molar-refractivity contribution >= 4 is 12.0 Å². The Bertz CT molecular complexity index is 464. The number of aromatic nitrogens is 1. The smallest absolute Gasteiger partial charge is 0.329 e. The Kier molecular flexibility index (Phi) is 4.26. The molecule has 2 amide bonds. The zero-order chi connectivity index (χ0) is 14.6. The van der Waals surface area contributed by atoms with Crippen LogP contribution in [0.2, 0.25) is 0 Å². The highest BCUT2D eigenvalue weighted by Crippen LogP contribution is 2.32. The molecule has 1 aliphatic rings. The molecule has 0 bridgehead atoms. The van der Waals surface area contributed by atoms with Crippen molar-refractivity contribution in [2.24, 2.45) is 5.92 Å². The molecule has 0 aromatic carbocycles. The van der Waals surface area contributed by atoms with E-state index in [4.69, 9.17) is 4.52 Å². The fraction of sp³-hybridized carbons (Fsp3) is 0.615. The van der Waals surface area contributed by atoms with Crippen molar-refractivity contribution in [2.45, 2.75) is 44.7 Å². The highest BCUT2D eigenvalue weighted by atomic mass is 16.5. The number of hydrogen-bond donors (Lipinski definition) is 3. The fourth-order valence-electron chi connectivity index (χ4n) is 2.41. The van der Waals surface area contributed by atoms with Crippen molar-refractivity contribution in [3.63, 3.8) is 0 Å². The molecule has 0 radical (unpaired) electrons. The van der Waals surface area contributed by atoms with E-state index in [9.17, 15) is 14.7 Å². The number of urea groups is 1. The largest absolute Gasteiger partial charge is 0.480 e. The molecule has 7 nitrogen and oxygen atoms in total. The fourth-order valence-corrected chi connectivity index (χ4v) is 2.41. The summed E-state index contributed by atoms with van der Waals surface area (Å²) in [5.74, 6) is 0.0440. The zero-order valence-electron chi connectivity index (χ0n) is 11.4. The van der Waals surface area contributed by atoms with Crippen molar-refractivity contribution in [1.82, 2.24) is 15.8 Å². The van der Waals surface area contributed by atoms with Crippen LogP contribution in [0.15, 0.2) is 16.8 Å². The number of nitrogens with one attached hydrogen (secondary N) is 2. The molecule has 1 aliphatic carbocycles. The van der Waals surface area contributed by atoms with Crippen LogP contribution in [-0.4, -0.2) is 27.8 Å². The SMILES string of the molecule is CC1CCC(NC(=O)NCc2ccno2)(C(=O)O)CC1. The molecular weight excluding hydrogens is 262 g/mol. The van der Waals surface area contributed by atoms with Gasteiger partial charge >= 0.3 is 12.0 Å². The number of carbonyl (C=O) groups is 2. The van der Waals surface area contributed by atoms with Gasteiger partial charge in [-0.15, -0.1) is 0 Å². The Hall–Kier alpha value is -2.05. The molecule has 0 saturated heterocycles. The first kappa shape index (κ1) is 14.4. The van der Waals surface area contributed by atoms with E-state index < -0.39 is 17.5 Å². The van der Waals surface area contributed by atoms with E-state index in [0.717, 1.165) is 12.8 Å². The predicted octanol–water partition coefficient (Wildman–Crippen LogP) is 1.51. The van der Waals surface area contributed by atoms with Gasteiger partial charge in [0.2, 0.25) is 0 Å². The Labute approximate surface area is 116 Å². The summed E-state index contributed by atoms with van der Waals surface area (Å²) in [5.41, 5.74) is -1.15. The van der Waals surface area contributed by atoms with Gasteiger partial charge in [0.05, 0.1) is 12.7 Å². The standard InChI is InChI=1S/C13H19N3O4/c1-9-2-5-13(6-3-9,11(17)18)16-12(19)14-8-10-4-7-15-20-10/h4,7,9H,2-3,5-6,8H2,1H3,(H,17,18)(H2,14,16,19). The third kappa shape index (κ3) is 3.28. The van der Waals surface area contributed by atoms with Gasteiger partial charge < -0.3 is 20.3 Å². The average molecular weight is 281 g/mol. The summed E-state index contributed by atoms with van der Waals surface area (Å²) in [6, 6.07) is 1.13. The summed E-state index contributed by atoms with van der Waals surface area (Å²) in [6.07, 6.45) is 4.00. The van der Waals surface area contributed by atoms with E-state index in [-0.39, 0.29) is 6.54 Å². The van der Waals surface area contributed by atoms with E-state index >= 15 is 0 Å². The van der Waals surface area contributed by atoms with Crippen LogP contribution in [0.1, 0.15) is 38.4 Å². The molecule has 1 saturated carbocycles. The number of aliphatic carboxylic acids is 1. The van der Waals surface area contributed by atoms with Crippen LogP contribution < -0.4 is 10.6 Å². The van der Waals surface area contributed by atoms with Crippen molar-refractivity contribution in [2.75, 3.05) is 0 Å². The second-order valence-corrected chi connectivity index (χ2v) is 5.36. The summed E-state index contributed by atoms with van der Waals surface area (Å²) < 4.78 is 4.85. The van der Waals surface area contributed by atoms with Crippen molar-refractivity contribution in [3.05, 3.63) is 18.0 Å². The first-order valence-corrected chi connectivity index (χ1v) is 6.71. The quantitative estimate of drug-likeness (QED) is 0.776. The monoisotopic (exact) mass is 281 g/mol. The summed E-state index contributed by atoms with van der Waals surface area (Å²) in [7, 11) is 0. The summed E-state index contributed by atoms with van der Waals surface area (Å²) >= 11 is 0. The lowest BCUT2D eigenvalue weighted by atomic mass is 9.77. The molecule has 1 heterocycles. The normalized spacial score (nSPS) is 25.9. The minimum atomic E-state index is -1.15. The molecule has 1 fully saturated rings. The maximum atomic E-state index is 11.9. The Morgan fingerprint density at radius 3 is 2.75 bits per heavy atom.